The number of fused-ring (bicyclic) bond motifs is 1. The first kappa shape index (κ1) is 31.6. The Hall–Kier alpha value is -0.664. The van der Waals surface area contributed by atoms with E-state index in [1.807, 2.05) is 24.3 Å². The Morgan fingerprint density at radius 1 is 0.833 bits per heavy atom. The molecule has 204 valence electrons. The Labute approximate surface area is 227 Å². The number of hydrogen-bond acceptors (Lipinski definition) is 3. The van der Waals surface area contributed by atoms with Crippen molar-refractivity contribution in [3.8, 4) is 0 Å². The summed E-state index contributed by atoms with van der Waals surface area (Å²) in [4.78, 5) is 29.3. The Kier molecular flexibility index (Phi) is 12.2. The first-order chi connectivity index (χ1) is 17.0. The van der Waals surface area contributed by atoms with Gasteiger partial charge in [0.05, 0.1) is 0 Å². The van der Waals surface area contributed by atoms with E-state index in [0.717, 1.165) is 19.4 Å². The van der Waals surface area contributed by atoms with Crippen molar-refractivity contribution in [3.05, 3.63) is 35.4 Å². The van der Waals surface area contributed by atoms with Crippen LogP contribution in [0.25, 0.3) is 0 Å². The molecule has 1 aromatic carbocycles. The third-order valence-electron chi connectivity index (χ3n) is 8.82. The SMILES string of the molecule is CCC[CH2][Sn]([CH2]CCC)([CH2]CCC)[CH](CCCO[Si](C)(C)C(C)(C)C)N1C(=O)c2ccccc2C1=O. The maximum absolute atomic E-state index is 13.8. The molecule has 4 nitrogen and oxygen atoms in total. The Bertz CT molecular complexity index is 807. The molecule has 0 spiro atoms. The van der Waals surface area contributed by atoms with Gasteiger partial charge in [0.2, 0.25) is 0 Å². The minimum absolute atomic E-state index is 0.0449. The number of rotatable bonds is 16. The van der Waals surface area contributed by atoms with Crippen LogP contribution in [0.2, 0.25) is 31.4 Å². The van der Waals surface area contributed by atoms with Gasteiger partial charge in [0, 0.05) is 0 Å². The quantitative estimate of drug-likeness (QED) is 0.105. The second-order valence-electron chi connectivity index (χ2n) is 12.5. The predicted molar refractivity (Wildman–Crippen MR) is 158 cm³/mol. The molecule has 1 heterocycles. The molecule has 36 heavy (non-hydrogen) atoms. The summed E-state index contributed by atoms with van der Waals surface area (Å²) in [5.41, 5.74) is 1.21. The summed E-state index contributed by atoms with van der Waals surface area (Å²) < 4.78 is 10.5. The van der Waals surface area contributed by atoms with E-state index in [1.165, 1.54) is 51.8 Å². The molecule has 0 saturated heterocycles. The van der Waals surface area contributed by atoms with Crippen molar-refractivity contribution in [1.82, 2.24) is 4.90 Å². The Morgan fingerprint density at radius 3 is 1.67 bits per heavy atom. The van der Waals surface area contributed by atoms with Crippen molar-refractivity contribution >= 4 is 38.5 Å². The van der Waals surface area contributed by atoms with E-state index in [2.05, 4.69) is 54.6 Å². The third-order valence-corrected chi connectivity index (χ3v) is 30.5. The van der Waals surface area contributed by atoms with E-state index in [9.17, 15) is 9.59 Å². The van der Waals surface area contributed by atoms with E-state index >= 15 is 0 Å². The van der Waals surface area contributed by atoms with Gasteiger partial charge in [-0.05, 0) is 0 Å². The van der Waals surface area contributed by atoms with Crippen molar-refractivity contribution < 1.29 is 14.0 Å². The predicted octanol–water partition coefficient (Wildman–Crippen LogP) is 8.84. The zero-order valence-electron chi connectivity index (χ0n) is 24.5. The van der Waals surface area contributed by atoms with Crippen LogP contribution in [0.5, 0.6) is 0 Å². The summed E-state index contributed by atoms with van der Waals surface area (Å²) >= 11 is -2.96. The van der Waals surface area contributed by atoms with Gasteiger partial charge in [-0.15, -0.1) is 0 Å². The van der Waals surface area contributed by atoms with Gasteiger partial charge in [0.25, 0.3) is 0 Å². The van der Waals surface area contributed by atoms with Crippen molar-refractivity contribution in [2.45, 2.75) is 128 Å². The summed E-state index contributed by atoms with van der Waals surface area (Å²) in [6.45, 7) is 19.0. The van der Waals surface area contributed by atoms with E-state index in [4.69, 9.17) is 4.43 Å². The van der Waals surface area contributed by atoms with Gasteiger partial charge in [-0.1, -0.05) is 0 Å². The molecular weight excluding hydrogens is 569 g/mol. The molecule has 2 amide bonds. The van der Waals surface area contributed by atoms with Crippen LogP contribution in [0.4, 0.5) is 0 Å². The molecule has 1 unspecified atom stereocenters. The summed E-state index contributed by atoms with van der Waals surface area (Å²) in [5.74, 6) is -0.0898. The number of carbonyl (C=O) groups is 2. The number of nitrogens with zero attached hydrogens (tertiary/aromatic N) is 1. The summed E-state index contributed by atoms with van der Waals surface area (Å²) in [6, 6.07) is 7.46. The second-order valence-corrected chi connectivity index (χ2v) is 31.2. The fourth-order valence-electron chi connectivity index (χ4n) is 5.48. The third kappa shape index (κ3) is 7.46. The van der Waals surface area contributed by atoms with E-state index < -0.39 is 26.7 Å². The molecule has 0 N–H and O–H groups in total. The fraction of sp³-hybridized carbons (Fsp3) is 0.733. The Morgan fingerprint density at radius 2 is 1.28 bits per heavy atom. The summed E-state index contributed by atoms with van der Waals surface area (Å²) in [6.07, 6.45) is 9.05. The van der Waals surface area contributed by atoms with Crippen LogP contribution in [-0.2, 0) is 4.43 Å². The van der Waals surface area contributed by atoms with Crippen LogP contribution < -0.4 is 0 Å². The van der Waals surface area contributed by atoms with Gasteiger partial charge in [-0.25, -0.2) is 0 Å². The molecule has 0 saturated carbocycles. The molecule has 0 aliphatic carbocycles. The van der Waals surface area contributed by atoms with Crippen LogP contribution in [0, 0.1) is 0 Å². The van der Waals surface area contributed by atoms with Crippen LogP contribution in [0.1, 0.15) is 114 Å². The maximum atomic E-state index is 13.8. The number of carbonyl (C=O) groups excluding carboxylic acids is 2. The Balaban J connectivity index is 2.43. The van der Waals surface area contributed by atoms with E-state index in [1.54, 1.807) is 4.90 Å². The fourth-order valence-corrected chi connectivity index (χ4v) is 25.2. The number of amides is 2. The molecule has 6 heteroatoms. The van der Waals surface area contributed by atoms with Gasteiger partial charge >= 0.3 is 228 Å². The van der Waals surface area contributed by atoms with Crippen LogP contribution in [0.3, 0.4) is 0 Å². The standard InChI is InChI=1S/C18H26NO3Si.3C4H9.Sn/c1-18(2,3)23(4,5)22-13-9-8-12-19-16(20)14-10-6-7-11-15(14)17(19)21;3*1-3-4-2;/h6-7,10-12H,8-9,13H2,1-5H3;3*1,3-4H2,2H3;. The van der Waals surface area contributed by atoms with E-state index in [-0.39, 0.29) is 20.9 Å². The summed E-state index contributed by atoms with van der Waals surface area (Å²) in [5, 5.41) is 0.182. The molecule has 2 rings (SSSR count). The zero-order chi connectivity index (χ0) is 27.0. The number of benzene rings is 1. The molecule has 1 atom stereocenters. The van der Waals surface area contributed by atoms with Crippen molar-refractivity contribution in [1.29, 1.82) is 0 Å². The van der Waals surface area contributed by atoms with Crippen LogP contribution in [-0.4, -0.2) is 54.1 Å². The molecule has 1 aliphatic heterocycles. The van der Waals surface area contributed by atoms with Gasteiger partial charge in [0.1, 0.15) is 0 Å². The van der Waals surface area contributed by atoms with Gasteiger partial charge in [0.15, 0.2) is 0 Å². The number of hydrogen-bond donors (Lipinski definition) is 0. The second kappa shape index (κ2) is 13.9. The zero-order valence-corrected chi connectivity index (χ0v) is 28.4. The average Bonchev–Trinajstić information content (AvgIpc) is 3.08. The topological polar surface area (TPSA) is 46.6 Å². The minimum atomic E-state index is -2.96. The molecule has 0 radical (unpaired) electrons. The van der Waals surface area contributed by atoms with E-state index in [0.29, 0.717) is 11.1 Å². The molecule has 0 fully saturated rings. The molecule has 0 aromatic heterocycles. The molecule has 0 bridgehead atoms. The van der Waals surface area contributed by atoms with Crippen LogP contribution in [0.15, 0.2) is 24.3 Å². The average molecular weight is 623 g/mol. The van der Waals surface area contributed by atoms with Gasteiger partial charge < -0.3 is 0 Å². The normalized spacial score (nSPS) is 15.5. The molecule has 1 aromatic rings. The van der Waals surface area contributed by atoms with Crippen LogP contribution >= 0.6 is 0 Å². The number of imide groups is 1. The van der Waals surface area contributed by atoms with Gasteiger partial charge in [-0.2, -0.15) is 0 Å². The first-order valence-electron chi connectivity index (χ1n) is 14.6. The number of unbranched alkanes of at least 4 members (excludes halogenated alkanes) is 3. The molecule has 1 aliphatic rings. The first-order valence-corrected chi connectivity index (χ1v) is 25.2. The van der Waals surface area contributed by atoms with Crippen molar-refractivity contribution in [3.63, 3.8) is 0 Å². The monoisotopic (exact) mass is 623 g/mol. The summed E-state index contributed by atoms with van der Waals surface area (Å²) in [7, 11) is -1.83. The van der Waals surface area contributed by atoms with Gasteiger partial charge in [-0.3, -0.25) is 0 Å². The van der Waals surface area contributed by atoms with Crippen molar-refractivity contribution in [2.75, 3.05) is 6.61 Å². The van der Waals surface area contributed by atoms with Crippen molar-refractivity contribution in [2.24, 2.45) is 0 Å². The molecular formula is C30H53NO3SiSn.